The zero-order valence-corrected chi connectivity index (χ0v) is 8.59. The molecule has 0 bridgehead atoms. The van der Waals surface area contributed by atoms with Crippen LogP contribution in [0.2, 0.25) is 0 Å². The number of rotatable bonds is 0. The Morgan fingerprint density at radius 3 is 2.83 bits per heavy atom. The summed E-state index contributed by atoms with van der Waals surface area (Å²) in [6.45, 7) is 2.09. The predicted octanol–water partition coefficient (Wildman–Crippen LogP) is 2.64. The van der Waals surface area contributed by atoms with Gasteiger partial charge in [-0.05, 0) is 34.5 Å². The van der Waals surface area contributed by atoms with Crippen LogP contribution in [0.1, 0.15) is 5.56 Å². The summed E-state index contributed by atoms with van der Waals surface area (Å²) in [4.78, 5) is 4.29. The van der Waals surface area contributed by atoms with Crippen molar-refractivity contribution in [2.75, 3.05) is 0 Å². The van der Waals surface area contributed by atoms with Gasteiger partial charge in [0.15, 0.2) is 0 Å². The number of imidazole rings is 1. The van der Waals surface area contributed by atoms with Crippen molar-refractivity contribution in [3.8, 4) is 0 Å². The molecule has 0 atom stereocenters. The van der Waals surface area contributed by atoms with Crippen LogP contribution in [-0.4, -0.2) is 9.55 Å². The van der Waals surface area contributed by atoms with E-state index in [0.717, 1.165) is 9.99 Å². The Hall–Kier alpha value is -0.830. The second-order valence-corrected chi connectivity index (χ2v) is 3.77. The smallest absolute Gasteiger partial charge is 0.103 e. The normalized spacial score (nSPS) is 10.9. The third-order valence-electron chi connectivity index (χ3n) is 2.02. The summed E-state index contributed by atoms with van der Waals surface area (Å²) in [5, 5.41) is 0. The van der Waals surface area contributed by atoms with Crippen molar-refractivity contribution < 1.29 is 0 Å². The molecule has 0 N–H and O–H groups in total. The zero-order chi connectivity index (χ0) is 8.72. The van der Waals surface area contributed by atoms with E-state index in [9.17, 15) is 0 Å². The SMILES string of the molecule is Cc1ccc(Br)c2ncn(C)c12. The highest BCUT2D eigenvalue weighted by molar-refractivity contribution is 9.10. The van der Waals surface area contributed by atoms with Crippen LogP contribution in [0.4, 0.5) is 0 Å². The standard InChI is InChI=1S/C9H9BrN2/c1-6-3-4-7(10)8-9(6)12(2)5-11-8/h3-5H,1-2H3. The maximum absolute atomic E-state index is 4.29. The van der Waals surface area contributed by atoms with Crippen molar-refractivity contribution in [3.63, 3.8) is 0 Å². The van der Waals surface area contributed by atoms with E-state index < -0.39 is 0 Å². The largest absolute Gasteiger partial charge is 0.333 e. The number of halogens is 1. The first kappa shape index (κ1) is 7.80. The van der Waals surface area contributed by atoms with Crippen molar-refractivity contribution in [1.82, 2.24) is 9.55 Å². The number of hydrogen-bond donors (Lipinski definition) is 0. The number of nitrogens with zero attached hydrogens (tertiary/aromatic N) is 2. The van der Waals surface area contributed by atoms with Gasteiger partial charge < -0.3 is 4.57 Å². The first-order valence-electron chi connectivity index (χ1n) is 3.76. The lowest BCUT2D eigenvalue weighted by molar-refractivity contribution is 0.944. The maximum Gasteiger partial charge on any atom is 0.103 e. The van der Waals surface area contributed by atoms with E-state index in [2.05, 4.69) is 33.9 Å². The molecule has 2 nitrogen and oxygen atoms in total. The minimum atomic E-state index is 1.04. The minimum Gasteiger partial charge on any atom is -0.333 e. The van der Waals surface area contributed by atoms with Gasteiger partial charge >= 0.3 is 0 Å². The average Bonchev–Trinajstić information content (AvgIpc) is 2.42. The molecule has 0 unspecified atom stereocenters. The van der Waals surface area contributed by atoms with E-state index in [0.29, 0.717) is 0 Å². The van der Waals surface area contributed by atoms with Gasteiger partial charge in [-0.25, -0.2) is 4.98 Å². The van der Waals surface area contributed by atoms with Crippen molar-refractivity contribution in [3.05, 3.63) is 28.5 Å². The van der Waals surface area contributed by atoms with Crippen molar-refractivity contribution >= 4 is 27.0 Å². The lowest BCUT2D eigenvalue weighted by Gasteiger charge is -1.99. The Balaban J connectivity index is 2.98. The van der Waals surface area contributed by atoms with E-state index >= 15 is 0 Å². The van der Waals surface area contributed by atoms with Crippen molar-refractivity contribution in [2.45, 2.75) is 6.92 Å². The summed E-state index contributed by atoms with van der Waals surface area (Å²) in [7, 11) is 2.01. The first-order chi connectivity index (χ1) is 5.70. The van der Waals surface area contributed by atoms with Gasteiger partial charge in [0.05, 0.1) is 11.8 Å². The molecular formula is C9H9BrN2. The zero-order valence-electron chi connectivity index (χ0n) is 7.00. The summed E-state index contributed by atoms with van der Waals surface area (Å²) in [6, 6.07) is 4.12. The van der Waals surface area contributed by atoms with E-state index in [1.54, 1.807) is 0 Å². The summed E-state index contributed by atoms with van der Waals surface area (Å²) in [5.74, 6) is 0. The number of aromatic nitrogens is 2. The van der Waals surface area contributed by atoms with Gasteiger partial charge in [-0.15, -0.1) is 0 Å². The quantitative estimate of drug-likeness (QED) is 0.673. The topological polar surface area (TPSA) is 17.8 Å². The number of fused-ring (bicyclic) bond motifs is 1. The Kier molecular flexibility index (Phi) is 1.68. The molecule has 1 aromatic carbocycles. The molecule has 1 aromatic heterocycles. The first-order valence-corrected chi connectivity index (χ1v) is 4.55. The van der Waals surface area contributed by atoms with Crippen molar-refractivity contribution in [2.24, 2.45) is 7.05 Å². The van der Waals surface area contributed by atoms with Crippen LogP contribution < -0.4 is 0 Å². The van der Waals surface area contributed by atoms with Crippen LogP contribution in [0, 0.1) is 6.92 Å². The van der Waals surface area contributed by atoms with Crippen molar-refractivity contribution in [1.29, 1.82) is 0 Å². The van der Waals surface area contributed by atoms with Crippen LogP contribution in [-0.2, 0) is 7.05 Å². The molecule has 2 rings (SSSR count). The fourth-order valence-electron chi connectivity index (χ4n) is 1.43. The molecule has 0 radical (unpaired) electrons. The van der Waals surface area contributed by atoms with Crippen LogP contribution >= 0.6 is 15.9 Å². The fraction of sp³-hybridized carbons (Fsp3) is 0.222. The number of benzene rings is 1. The molecule has 0 saturated heterocycles. The Labute approximate surface area is 79.3 Å². The molecule has 0 saturated carbocycles. The molecule has 3 heteroatoms. The van der Waals surface area contributed by atoms with Gasteiger partial charge in [0.1, 0.15) is 5.52 Å². The Morgan fingerprint density at radius 2 is 2.17 bits per heavy atom. The highest BCUT2D eigenvalue weighted by Gasteiger charge is 2.05. The third-order valence-corrected chi connectivity index (χ3v) is 2.66. The lowest BCUT2D eigenvalue weighted by Crippen LogP contribution is -1.86. The molecule has 0 amide bonds. The second-order valence-electron chi connectivity index (χ2n) is 2.92. The summed E-state index contributed by atoms with van der Waals surface area (Å²) in [6.07, 6.45) is 1.84. The van der Waals surface area contributed by atoms with Crippen LogP contribution in [0.15, 0.2) is 22.9 Å². The summed E-state index contributed by atoms with van der Waals surface area (Å²) < 4.78 is 3.10. The highest BCUT2D eigenvalue weighted by Crippen LogP contribution is 2.24. The molecule has 62 valence electrons. The van der Waals surface area contributed by atoms with Gasteiger partial charge in [0, 0.05) is 11.5 Å². The summed E-state index contributed by atoms with van der Waals surface area (Å²) >= 11 is 3.47. The Morgan fingerprint density at radius 1 is 1.42 bits per heavy atom. The van der Waals surface area contributed by atoms with Crippen LogP contribution in [0.5, 0.6) is 0 Å². The molecule has 12 heavy (non-hydrogen) atoms. The molecule has 0 aliphatic carbocycles. The monoisotopic (exact) mass is 224 g/mol. The maximum atomic E-state index is 4.29. The molecule has 0 aliphatic heterocycles. The molecule has 1 heterocycles. The van der Waals surface area contributed by atoms with Crippen LogP contribution in [0.25, 0.3) is 11.0 Å². The lowest BCUT2D eigenvalue weighted by atomic mass is 10.2. The van der Waals surface area contributed by atoms with Crippen LogP contribution in [0.3, 0.4) is 0 Å². The average molecular weight is 225 g/mol. The van der Waals surface area contributed by atoms with E-state index in [4.69, 9.17) is 0 Å². The predicted molar refractivity (Wildman–Crippen MR) is 53.2 cm³/mol. The van der Waals surface area contributed by atoms with Gasteiger partial charge in [0.2, 0.25) is 0 Å². The Bertz CT molecular complexity index is 431. The molecule has 0 aliphatic rings. The second kappa shape index (κ2) is 2.59. The van der Waals surface area contributed by atoms with E-state index in [1.807, 2.05) is 24.0 Å². The van der Waals surface area contributed by atoms with Gasteiger partial charge in [-0.1, -0.05) is 6.07 Å². The third kappa shape index (κ3) is 0.966. The molecular weight excluding hydrogens is 216 g/mol. The highest BCUT2D eigenvalue weighted by atomic mass is 79.9. The van der Waals surface area contributed by atoms with Gasteiger partial charge in [0.25, 0.3) is 0 Å². The number of aryl methyl sites for hydroxylation is 2. The van der Waals surface area contributed by atoms with Gasteiger partial charge in [-0.3, -0.25) is 0 Å². The van der Waals surface area contributed by atoms with E-state index in [1.165, 1.54) is 11.1 Å². The fourth-order valence-corrected chi connectivity index (χ4v) is 1.85. The molecule has 0 spiro atoms. The summed E-state index contributed by atoms with van der Waals surface area (Å²) in [5.41, 5.74) is 3.50. The molecule has 2 aromatic rings. The number of hydrogen-bond acceptors (Lipinski definition) is 1. The van der Waals surface area contributed by atoms with E-state index in [-0.39, 0.29) is 0 Å². The molecule has 0 fully saturated rings. The minimum absolute atomic E-state index is 1.04. The van der Waals surface area contributed by atoms with Gasteiger partial charge in [-0.2, -0.15) is 0 Å².